The molecule has 2 aromatic carbocycles. The molecule has 0 bridgehead atoms. The summed E-state index contributed by atoms with van der Waals surface area (Å²) in [5.41, 5.74) is 0.723. The molecule has 0 saturated carbocycles. The van der Waals surface area contributed by atoms with E-state index in [0.717, 1.165) is 12.3 Å². The number of fused-ring (bicyclic) bond motifs is 1. The van der Waals surface area contributed by atoms with Gasteiger partial charge in [-0.1, -0.05) is 41.8 Å². The number of halogens is 5. The standard InChI is InChI=1S/C24H13Cl2F3N2O.C4H6N2/c1-2-14-4-3-5-16(10-14)18-12-22(32)31(24(27,28)29)21-13-30-20(11-19(18)21)23(26)15-6-8-17(25)9-7-15;1-6-3-2-5-4-6/h1,3-13,23H;2-4H,1H3. The van der Waals surface area contributed by atoms with Gasteiger partial charge in [0.15, 0.2) is 0 Å². The Bertz CT molecular complexity index is 1670. The van der Waals surface area contributed by atoms with Crippen LogP contribution in [0.25, 0.3) is 22.0 Å². The maximum atomic E-state index is 13.7. The van der Waals surface area contributed by atoms with Crippen LogP contribution in [0.2, 0.25) is 5.02 Å². The molecule has 5 rings (SSSR count). The summed E-state index contributed by atoms with van der Waals surface area (Å²) in [6, 6.07) is 15.8. The van der Waals surface area contributed by atoms with Gasteiger partial charge in [-0.3, -0.25) is 9.78 Å². The van der Waals surface area contributed by atoms with E-state index in [1.54, 1.807) is 61.1 Å². The highest BCUT2D eigenvalue weighted by Gasteiger charge is 2.34. The molecule has 0 amide bonds. The summed E-state index contributed by atoms with van der Waals surface area (Å²) in [7, 11) is 1.94. The summed E-state index contributed by atoms with van der Waals surface area (Å²) < 4.78 is 42.6. The molecule has 3 heterocycles. The van der Waals surface area contributed by atoms with Gasteiger partial charge in [0.2, 0.25) is 0 Å². The lowest BCUT2D eigenvalue weighted by atomic mass is 9.98. The number of imidazole rings is 1. The van der Waals surface area contributed by atoms with Crippen molar-refractivity contribution in [2.75, 3.05) is 0 Å². The van der Waals surface area contributed by atoms with Crippen LogP contribution in [0.3, 0.4) is 0 Å². The van der Waals surface area contributed by atoms with Gasteiger partial charge in [-0.25, -0.2) is 9.55 Å². The van der Waals surface area contributed by atoms with Crippen molar-refractivity contribution in [1.29, 1.82) is 0 Å². The molecule has 5 aromatic rings. The van der Waals surface area contributed by atoms with Gasteiger partial charge in [-0.05, 0) is 47.0 Å². The van der Waals surface area contributed by atoms with Crippen molar-refractivity contribution in [2.45, 2.75) is 11.7 Å². The molecule has 1 unspecified atom stereocenters. The van der Waals surface area contributed by atoms with Crippen molar-refractivity contribution in [3.05, 3.63) is 118 Å². The molecular formula is C28H19Cl2F3N4O. The lowest BCUT2D eigenvalue weighted by Gasteiger charge is -2.17. The predicted molar refractivity (Wildman–Crippen MR) is 143 cm³/mol. The second-order valence-electron chi connectivity index (χ2n) is 8.19. The summed E-state index contributed by atoms with van der Waals surface area (Å²) in [5, 5.41) is -0.0532. The Hall–Kier alpha value is -4.06. The van der Waals surface area contributed by atoms with E-state index >= 15 is 0 Å². The number of aryl methyl sites for hydroxylation is 1. The molecule has 5 nitrogen and oxygen atoms in total. The van der Waals surface area contributed by atoms with Gasteiger partial charge < -0.3 is 4.57 Å². The van der Waals surface area contributed by atoms with Gasteiger partial charge in [0.05, 0.1) is 23.7 Å². The van der Waals surface area contributed by atoms with Crippen LogP contribution in [0.5, 0.6) is 0 Å². The SMILES string of the molecule is C#Cc1cccc(-c2cc(=O)n(C(F)(F)F)c3cnc(C(Cl)c4ccc(Cl)cc4)cc23)c1.Cn1ccnc1. The number of alkyl halides is 4. The van der Waals surface area contributed by atoms with E-state index in [1.807, 2.05) is 17.8 Å². The van der Waals surface area contributed by atoms with E-state index in [9.17, 15) is 18.0 Å². The Labute approximate surface area is 226 Å². The highest BCUT2D eigenvalue weighted by Crippen LogP contribution is 2.35. The molecule has 192 valence electrons. The van der Waals surface area contributed by atoms with Gasteiger partial charge in [0.1, 0.15) is 5.38 Å². The number of hydrogen-bond acceptors (Lipinski definition) is 3. The predicted octanol–water partition coefficient (Wildman–Crippen LogP) is 6.92. The molecule has 0 spiro atoms. The lowest BCUT2D eigenvalue weighted by molar-refractivity contribution is -0.203. The molecule has 0 saturated heterocycles. The molecule has 0 aliphatic heterocycles. The maximum absolute atomic E-state index is 13.7. The first-order valence-corrected chi connectivity index (χ1v) is 11.9. The van der Waals surface area contributed by atoms with Crippen LogP contribution in [0.4, 0.5) is 13.2 Å². The van der Waals surface area contributed by atoms with E-state index in [1.165, 1.54) is 6.07 Å². The fourth-order valence-electron chi connectivity index (χ4n) is 3.79. The fraction of sp³-hybridized carbons (Fsp3) is 0.107. The van der Waals surface area contributed by atoms with Gasteiger partial charge in [0, 0.05) is 41.5 Å². The van der Waals surface area contributed by atoms with E-state index < -0.39 is 17.2 Å². The summed E-state index contributed by atoms with van der Waals surface area (Å²) in [5.74, 6) is 2.48. The van der Waals surface area contributed by atoms with Crippen LogP contribution < -0.4 is 5.56 Å². The third-order valence-electron chi connectivity index (χ3n) is 5.58. The zero-order valence-electron chi connectivity index (χ0n) is 19.8. The van der Waals surface area contributed by atoms with Crippen LogP contribution >= 0.6 is 23.2 Å². The Morgan fingerprint density at radius 3 is 2.39 bits per heavy atom. The van der Waals surface area contributed by atoms with Crippen molar-refractivity contribution in [1.82, 2.24) is 19.1 Å². The Balaban J connectivity index is 0.000000494. The van der Waals surface area contributed by atoms with E-state index in [0.29, 0.717) is 33.0 Å². The lowest BCUT2D eigenvalue weighted by Crippen LogP contribution is -2.31. The molecule has 0 aliphatic rings. The Morgan fingerprint density at radius 2 is 1.82 bits per heavy atom. The van der Waals surface area contributed by atoms with E-state index in [4.69, 9.17) is 29.6 Å². The van der Waals surface area contributed by atoms with Gasteiger partial charge >= 0.3 is 6.30 Å². The van der Waals surface area contributed by atoms with E-state index in [2.05, 4.69) is 15.9 Å². The van der Waals surface area contributed by atoms with E-state index in [-0.39, 0.29) is 15.5 Å². The zero-order chi connectivity index (χ0) is 27.4. The van der Waals surface area contributed by atoms with Crippen molar-refractivity contribution in [2.24, 2.45) is 7.05 Å². The minimum absolute atomic E-state index is 0.167. The quantitative estimate of drug-likeness (QED) is 0.179. The van der Waals surface area contributed by atoms with Crippen molar-refractivity contribution in [3.63, 3.8) is 0 Å². The number of benzene rings is 2. The van der Waals surface area contributed by atoms with Crippen LogP contribution in [-0.2, 0) is 13.3 Å². The number of rotatable bonds is 3. The number of terminal acetylenes is 1. The fourth-order valence-corrected chi connectivity index (χ4v) is 4.18. The molecular weight excluding hydrogens is 536 g/mol. The number of aromatic nitrogens is 4. The first-order chi connectivity index (χ1) is 18.1. The van der Waals surface area contributed by atoms with Gasteiger partial charge in [-0.15, -0.1) is 31.2 Å². The van der Waals surface area contributed by atoms with Crippen molar-refractivity contribution in [3.8, 4) is 23.5 Å². The summed E-state index contributed by atoms with van der Waals surface area (Å²) in [4.78, 5) is 20.4. The largest absolute Gasteiger partial charge is 0.491 e. The third kappa shape index (κ3) is 5.91. The topological polar surface area (TPSA) is 52.7 Å². The van der Waals surface area contributed by atoms with Crippen LogP contribution in [0.1, 0.15) is 22.2 Å². The molecule has 0 aliphatic carbocycles. The average molecular weight is 555 g/mol. The van der Waals surface area contributed by atoms with Crippen molar-refractivity contribution >= 4 is 34.1 Å². The highest BCUT2D eigenvalue weighted by molar-refractivity contribution is 6.30. The van der Waals surface area contributed by atoms with Crippen LogP contribution in [0.15, 0.2) is 90.4 Å². The van der Waals surface area contributed by atoms with Gasteiger partial charge in [-0.2, -0.15) is 0 Å². The number of hydrogen-bond donors (Lipinski definition) is 0. The molecule has 0 fully saturated rings. The monoisotopic (exact) mass is 554 g/mol. The molecule has 38 heavy (non-hydrogen) atoms. The molecule has 1 atom stereocenters. The average Bonchev–Trinajstić information content (AvgIpc) is 3.38. The third-order valence-corrected chi connectivity index (χ3v) is 6.30. The highest BCUT2D eigenvalue weighted by atomic mass is 35.5. The first-order valence-electron chi connectivity index (χ1n) is 11.1. The minimum Gasteiger partial charge on any atom is -0.341 e. The number of pyridine rings is 2. The molecule has 10 heteroatoms. The second kappa shape index (κ2) is 11.1. The zero-order valence-corrected chi connectivity index (χ0v) is 21.3. The molecule has 3 aromatic heterocycles. The maximum Gasteiger partial charge on any atom is 0.491 e. The Morgan fingerprint density at radius 1 is 1.08 bits per heavy atom. The summed E-state index contributed by atoms with van der Waals surface area (Å²) >= 11 is 12.5. The normalized spacial score (nSPS) is 11.9. The summed E-state index contributed by atoms with van der Waals surface area (Å²) in [6.07, 6.45) is 6.94. The molecule has 0 radical (unpaired) electrons. The molecule has 0 N–H and O–H groups in total. The second-order valence-corrected chi connectivity index (χ2v) is 9.07. The van der Waals surface area contributed by atoms with Crippen molar-refractivity contribution < 1.29 is 13.2 Å². The van der Waals surface area contributed by atoms with Crippen LogP contribution in [-0.4, -0.2) is 19.1 Å². The minimum atomic E-state index is -4.92. The van der Waals surface area contributed by atoms with Crippen LogP contribution in [0, 0.1) is 12.3 Å². The summed E-state index contributed by atoms with van der Waals surface area (Å²) in [6.45, 7) is 0. The van der Waals surface area contributed by atoms with Gasteiger partial charge in [0.25, 0.3) is 5.56 Å². The number of nitrogens with zero attached hydrogens (tertiary/aromatic N) is 4. The first kappa shape index (κ1) is 27.0. The smallest absolute Gasteiger partial charge is 0.341 e. The Kier molecular flexibility index (Phi) is 7.91.